The quantitative estimate of drug-likeness (QED) is 0.434. The lowest BCUT2D eigenvalue weighted by molar-refractivity contribution is -0.137. The van der Waals surface area contributed by atoms with Crippen LogP contribution >= 0.6 is 0 Å². The number of anilines is 2. The Morgan fingerprint density at radius 2 is 1.91 bits per heavy atom. The number of aliphatic carboxylic acids is 1. The molecule has 7 heteroatoms. The van der Waals surface area contributed by atoms with E-state index in [4.69, 9.17) is 9.47 Å². The minimum Gasteiger partial charge on any atom is -0.481 e. The fourth-order valence-electron chi connectivity index (χ4n) is 5.19. The molecule has 3 aliphatic rings. The highest BCUT2D eigenvalue weighted by Crippen LogP contribution is 2.51. The summed E-state index contributed by atoms with van der Waals surface area (Å²) in [6, 6.07) is 17.8. The summed E-state index contributed by atoms with van der Waals surface area (Å²) >= 11 is 0. The van der Waals surface area contributed by atoms with Crippen molar-refractivity contribution in [3.63, 3.8) is 0 Å². The second kappa shape index (κ2) is 8.05. The molecule has 3 N–H and O–H groups in total. The van der Waals surface area contributed by atoms with Crippen LogP contribution in [0.25, 0.3) is 11.1 Å². The maximum Gasteiger partial charge on any atom is 0.304 e. The van der Waals surface area contributed by atoms with E-state index >= 15 is 0 Å². The van der Waals surface area contributed by atoms with Crippen LogP contribution in [0.3, 0.4) is 0 Å². The molecule has 35 heavy (non-hydrogen) atoms. The lowest BCUT2D eigenvalue weighted by Crippen LogP contribution is -2.27. The largest absolute Gasteiger partial charge is 0.481 e. The van der Waals surface area contributed by atoms with Gasteiger partial charge in [0.05, 0.1) is 11.8 Å². The summed E-state index contributed by atoms with van der Waals surface area (Å²) in [7, 11) is 0. The number of rotatable bonds is 6. The van der Waals surface area contributed by atoms with Crippen LogP contribution in [0.5, 0.6) is 11.5 Å². The number of fused-ring (bicyclic) bond motifs is 2. The maximum atomic E-state index is 13.4. The molecule has 7 nitrogen and oxygen atoms in total. The zero-order chi connectivity index (χ0) is 24.2. The number of benzene rings is 3. The highest BCUT2D eigenvalue weighted by atomic mass is 16.7. The first-order valence-corrected chi connectivity index (χ1v) is 11.9. The van der Waals surface area contributed by atoms with Gasteiger partial charge in [0.2, 0.25) is 12.7 Å². The monoisotopic (exact) mass is 474 g/mol. The van der Waals surface area contributed by atoms with Gasteiger partial charge in [-0.2, -0.15) is 0 Å². The van der Waals surface area contributed by atoms with E-state index in [2.05, 4.69) is 16.7 Å². The molecule has 3 aromatic rings. The fourth-order valence-corrected chi connectivity index (χ4v) is 5.19. The first-order chi connectivity index (χ1) is 16.9. The summed E-state index contributed by atoms with van der Waals surface area (Å²) in [5, 5.41) is 15.7. The smallest absolute Gasteiger partial charge is 0.304 e. The molecule has 0 radical (unpaired) electrons. The number of carbonyl (C=O) groups excluding carboxylic acids is 1. The van der Waals surface area contributed by atoms with Gasteiger partial charge in [-0.05, 0) is 84.0 Å². The summed E-state index contributed by atoms with van der Waals surface area (Å²) in [6.07, 6.45) is 1.68. The Bertz CT molecular complexity index is 1370. The van der Waals surface area contributed by atoms with Crippen molar-refractivity contribution in [3.8, 4) is 22.6 Å². The van der Waals surface area contributed by atoms with Crippen LogP contribution in [-0.4, -0.2) is 30.3 Å². The summed E-state index contributed by atoms with van der Waals surface area (Å²) < 4.78 is 10.9. The third-order valence-corrected chi connectivity index (χ3v) is 7.37. The topological polar surface area (TPSA) is 96.9 Å². The molecule has 1 aliphatic carbocycles. The van der Waals surface area contributed by atoms with E-state index in [-0.39, 0.29) is 27.9 Å². The third-order valence-electron chi connectivity index (χ3n) is 7.37. The van der Waals surface area contributed by atoms with E-state index < -0.39 is 11.4 Å². The zero-order valence-corrected chi connectivity index (χ0v) is 19.4. The molecule has 2 heterocycles. The second-order valence-electron chi connectivity index (χ2n) is 9.61. The van der Waals surface area contributed by atoms with Crippen LogP contribution in [-0.2, 0) is 15.0 Å². The lowest BCUT2D eigenvalue weighted by atomic mass is 9.92. The molecule has 1 amide bonds. The Morgan fingerprint density at radius 3 is 2.71 bits per heavy atom. The van der Waals surface area contributed by atoms with Crippen molar-refractivity contribution >= 4 is 23.3 Å². The van der Waals surface area contributed by atoms with E-state index in [9.17, 15) is 14.7 Å². The number of ether oxygens (including phenoxy) is 2. The Labute approximate surface area is 206 Å². The van der Waals surface area contributed by atoms with Crippen LogP contribution in [0.15, 0.2) is 54.6 Å². The van der Waals surface area contributed by atoms with Crippen molar-refractivity contribution in [2.24, 2.45) is 0 Å². The van der Waals surface area contributed by atoms with E-state index in [1.807, 2.05) is 55.5 Å². The predicted molar refractivity (Wildman–Crippen MR) is 136 cm³/mol. The van der Waals surface area contributed by atoms with Gasteiger partial charge in [0.25, 0.3) is 0 Å². The molecule has 1 unspecified atom stereocenters. The fraction of sp³-hybridized carbons (Fsp3) is 0.286. The average molecular weight is 475 g/mol. The number of hydrogen-bond donors (Lipinski definition) is 3. The number of carbonyl (C=O) groups is 2. The minimum atomic E-state index is -0.799. The zero-order valence-electron chi connectivity index (χ0n) is 19.4. The molecule has 1 saturated carbocycles. The molecule has 1 fully saturated rings. The molecule has 6 rings (SSSR count). The number of nitrogens with one attached hydrogen (secondary N) is 2. The number of hydrogen-bond acceptors (Lipinski definition) is 5. The van der Waals surface area contributed by atoms with E-state index in [0.717, 1.165) is 52.0 Å². The number of amides is 1. The first kappa shape index (κ1) is 21.5. The van der Waals surface area contributed by atoms with Crippen molar-refractivity contribution in [2.75, 3.05) is 24.0 Å². The molecule has 0 bridgehead atoms. The molecular weight excluding hydrogens is 444 g/mol. The molecule has 0 saturated heterocycles. The standard InChI is InChI=1S/C28H26N2O5.2H2/c1-16-2-5-20(13-21(16)17-3-6-23-22(10-17)18(14-29-23)11-26(31)32)30-27(33)28(8-9-28)19-4-7-24-25(12-19)35-15-34-24;;/h2-7,10,12-13,18,29H,8-9,11,14-15H2,1H3,(H,30,33)(H,31,32);2*1H. The van der Waals surface area contributed by atoms with Gasteiger partial charge >= 0.3 is 5.97 Å². The van der Waals surface area contributed by atoms with Crippen LogP contribution < -0.4 is 20.1 Å². The van der Waals surface area contributed by atoms with Crippen molar-refractivity contribution in [1.82, 2.24) is 0 Å². The van der Waals surface area contributed by atoms with E-state index in [0.29, 0.717) is 18.0 Å². The minimum absolute atomic E-state index is 0. The summed E-state index contributed by atoms with van der Waals surface area (Å²) in [4.78, 5) is 24.7. The molecule has 182 valence electrons. The van der Waals surface area contributed by atoms with Gasteiger partial charge in [-0.25, -0.2) is 0 Å². The van der Waals surface area contributed by atoms with Gasteiger partial charge in [-0.1, -0.05) is 18.2 Å². The van der Waals surface area contributed by atoms with Crippen molar-refractivity contribution in [2.45, 2.75) is 37.5 Å². The summed E-state index contributed by atoms with van der Waals surface area (Å²) in [5.74, 6) is 0.523. The highest BCUT2D eigenvalue weighted by Gasteiger charge is 2.51. The highest BCUT2D eigenvalue weighted by molar-refractivity contribution is 6.02. The van der Waals surface area contributed by atoms with Crippen molar-refractivity contribution in [3.05, 3.63) is 71.3 Å². The van der Waals surface area contributed by atoms with Crippen LogP contribution in [0, 0.1) is 6.92 Å². The SMILES string of the molecule is Cc1ccc(NC(=O)C2(c3ccc4c(c3)OCO4)CC2)cc1-c1ccc2c(c1)C(CC(=O)O)CN2.[HH].[HH]. The molecular formula is C28H30N2O5. The molecule has 1 atom stereocenters. The van der Waals surface area contributed by atoms with Gasteiger partial charge in [-0.15, -0.1) is 0 Å². The lowest BCUT2D eigenvalue weighted by Gasteiger charge is -2.18. The summed E-state index contributed by atoms with van der Waals surface area (Å²) in [6.45, 7) is 2.87. The molecule has 2 aliphatic heterocycles. The van der Waals surface area contributed by atoms with Crippen molar-refractivity contribution < 1.29 is 27.0 Å². The van der Waals surface area contributed by atoms with Crippen molar-refractivity contribution in [1.29, 1.82) is 0 Å². The van der Waals surface area contributed by atoms with Gasteiger partial charge in [0.1, 0.15) is 0 Å². The number of carboxylic acids is 1. The number of aryl methyl sites for hydroxylation is 1. The third kappa shape index (κ3) is 3.77. The number of carboxylic acid groups (broad SMARTS) is 1. The van der Waals surface area contributed by atoms with E-state index in [1.165, 1.54) is 0 Å². The van der Waals surface area contributed by atoms with Crippen LogP contribution in [0.2, 0.25) is 0 Å². The first-order valence-electron chi connectivity index (χ1n) is 11.9. The maximum absolute atomic E-state index is 13.4. The molecule has 0 spiro atoms. The molecule has 0 aromatic heterocycles. The summed E-state index contributed by atoms with van der Waals surface area (Å²) in [5.41, 5.74) is 6.26. The Morgan fingerprint density at radius 1 is 1.09 bits per heavy atom. The van der Waals surface area contributed by atoms with E-state index in [1.54, 1.807) is 0 Å². The Hall–Kier alpha value is -4.00. The predicted octanol–water partition coefficient (Wildman–Crippen LogP) is 5.54. The van der Waals surface area contributed by atoms with Gasteiger partial charge in [-0.3, -0.25) is 9.59 Å². The molecule has 3 aromatic carbocycles. The van der Waals surface area contributed by atoms with Gasteiger partial charge in [0, 0.05) is 26.7 Å². The second-order valence-corrected chi connectivity index (χ2v) is 9.61. The van der Waals surface area contributed by atoms with Gasteiger partial charge in [0.15, 0.2) is 11.5 Å². The Balaban J connectivity index is 0.00000160. The van der Waals surface area contributed by atoms with Crippen LogP contribution in [0.4, 0.5) is 11.4 Å². The normalized spacial score (nSPS) is 18.5. The van der Waals surface area contributed by atoms with Crippen LogP contribution in [0.1, 0.15) is 44.7 Å². The average Bonchev–Trinajstić information content (AvgIpc) is 3.37. The Kier molecular flexibility index (Phi) is 4.95. The van der Waals surface area contributed by atoms with Gasteiger partial charge < -0.3 is 25.2 Å².